The molecular weight excluding hydrogens is 202 g/mol. The number of nitro groups is 1. The van der Waals surface area contributed by atoms with E-state index in [9.17, 15) is 10.1 Å². The zero-order valence-electron chi connectivity index (χ0n) is 8.25. The Bertz CT molecular complexity index is 372. The molecule has 0 bridgehead atoms. The van der Waals surface area contributed by atoms with Crippen molar-refractivity contribution in [2.45, 2.75) is 25.7 Å². The zero-order valence-corrected chi connectivity index (χ0v) is 8.25. The molecule has 7 nitrogen and oxygen atoms in total. The molecule has 1 aromatic heterocycles. The molecule has 0 spiro atoms. The lowest BCUT2D eigenvalue weighted by molar-refractivity contribution is -0.386. The molecule has 0 N–H and O–H groups in total. The van der Waals surface area contributed by atoms with Gasteiger partial charge in [-0.15, -0.1) is 5.10 Å². The quantitative estimate of drug-likeness (QED) is 0.537. The highest BCUT2D eigenvalue weighted by molar-refractivity contribution is 5.38. The molecule has 2 rings (SSSR count). The van der Waals surface area contributed by atoms with E-state index in [1.165, 1.54) is 18.0 Å². The normalized spacial score (nSPS) is 15.3. The van der Waals surface area contributed by atoms with Crippen molar-refractivity contribution in [3.05, 3.63) is 16.3 Å². The van der Waals surface area contributed by atoms with Crippen molar-refractivity contribution in [2.75, 3.05) is 7.11 Å². The van der Waals surface area contributed by atoms with Crippen molar-refractivity contribution in [3.63, 3.8) is 0 Å². The minimum absolute atomic E-state index is 0.0829. The van der Waals surface area contributed by atoms with Crippen LogP contribution in [-0.2, 0) is 11.5 Å². The second-order valence-electron chi connectivity index (χ2n) is 3.35. The highest BCUT2D eigenvalue weighted by atomic mass is 16.6. The van der Waals surface area contributed by atoms with E-state index in [0.717, 1.165) is 12.8 Å². The van der Waals surface area contributed by atoms with Gasteiger partial charge in [0.15, 0.2) is 0 Å². The van der Waals surface area contributed by atoms with Gasteiger partial charge < -0.3 is 9.47 Å². The van der Waals surface area contributed by atoms with Crippen LogP contribution >= 0.6 is 0 Å². The number of aromatic nitrogens is 2. The van der Waals surface area contributed by atoms with Crippen LogP contribution in [0.5, 0.6) is 5.88 Å². The van der Waals surface area contributed by atoms with Crippen molar-refractivity contribution < 1.29 is 14.4 Å². The van der Waals surface area contributed by atoms with Gasteiger partial charge in [-0.25, -0.2) is 4.68 Å². The number of hydrogen-bond donors (Lipinski definition) is 0. The van der Waals surface area contributed by atoms with E-state index in [-0.39, 0.29) is 24.4 Å². The van der Waals surface area contributed by atoms with E-state index in [1.54, 1.807) is 0 Å². The Hall–Kier alpha value is -1.63. The van der Waals surface area contributed by atoms with E-state index in [0.29, 0.717) is 0 Å². The van der Waals surface area contributed by atoms with Crippen molar-refractivity contribution >= 4 is 5.69 Å². The van der Waals surface area contributed by atoms with E-state index in [2.05, 4.69) is 5.10 Å². The van der Waals surface area contributed by atoms with Gasteiger partial charge in [0.25, 0.3) is 0 Å². The third-order valence-electron chi connectivity index (χ3n) is 1.97. The molecular formula is C8H11N3O4. The molecule has 15 heavy (non-hydrogen) atoms. The summed E-state index contributed by atoms with van der Waals surface area (Å²) in [7, 11) is 1.49. The summed E-state index contributed by atoms with van der Waals surface area (Å²) in [5.41, 5.74) is -0.112. The maximum Gasteiger partial charge on any atom is 0.350 e. The lowest BCUT2D eigenvalue weighted by atomic mass is 10.5. The Morgan fingerprint density at radius 2 is 2.47 bits per heavy atom. The maximum atomic E-state index is 10.7. The third-order valence-corrected chi connectivity index (χ3v) is 1.97. The Morgan fingerprint density at radius 3 is 3.00 bits per heavy atom. The van der Waals surface area contributed by atoms with Gasteiger partial charge in [-0.2, -0.15) is 0 Å². The summed E-state index contributed by atoms with van der Waals surface area (Å²) in [6.45, 7) is 0.175. The molecule has 0 saturated heterocycles. The first-order chi connectivity index (χ1) is 7.20. The monoisotopic (exact) mass is 213 g/mol. The zero-order chi connectivity index (χ0) is 10.8. The minimum Gasteiger partial charge on any atom is -0.468 e. The van der Waals surface area contributed by atoms with E-state index < -0.39 is 4.92 Å². The fourth-order valence-electron chi connectivity index (χ4n) is 1.14. The first-order valence-electron chi connectivity index (χ1n) is 4.58. The van der Waals surface area contributed by atoms with Crippen LogP contribution in [-0.4, -0.2) is 27.9 Å². The Labute approximate surface area is 85.7 Å². The van der Waals surface area contributed by atoms with E-state index >= 15 is 0 Å². The number of ether oxygens (including phenoxy) is 2. The molecule has 0 radical (unpaired) electrons. The largest absolute Gasteiger partial charge is 0.468 e. The molecule has 82 valence electrons. The van der Waals surface area contributed by atoms with Crippen LogP contribution in [0.25, 0.3) is 0 Å². The van der Waals surface area contributed by atoms with Crippen molar-refractivity contribution in [1.29, 1.82) is 0 Å². The Balaban J connectivity index is 2.19. The van der Waals surface area contributed by atoms with Crippen molar-refractivity contribution in [3.8, 4) is 5.88 Å². The van der Waals surface area contributed by atoms with Crippen LogP contribution in [0.2, 0.25) is 0 Å². The molecule has 0 unspecified atom stereocenters. The summed E-state index contributed by atoms with van der Waals surface area (Å²) in [6, 6.07) is 0. The summed E-state index contributed by atoms with van der Waals surface area (Å²) < 4.78 is 11.5. The molecule has 0 atom stereocenters. The van der Waals surface area contributed by atoms with Crippen molar-refractivity contribution in [1.82, 2.24) is 9.78 Å². The van der Waals surface area contributed by atoms with Crippen LogP contribution < -0.4 is 4.74 Å². The predicted molar refractivity (Wildman–Crippen MR) is 49.5 cm³/mol. The molecule has 0 aromatic carbocycles. The minimum atomic E-state index is -0.503. The predicted octanol–water partition coefficient (Wildman–Crippen LogP) is 0.936. The molecule has 0 amide bonds. The van der Waals surface area contributed by atoms with Crippen LogP contribution in [0.3, 0.4) is 0 Å². The highest BCUT2D eigenvalue weighted by Crippen LogP contribution is 2.31. The third kappa shape index (κ3) is 2.24. The Kier molecular flexibility index (Phi) is 2.55. The molecule has 1 aliphatic rings. The standard InChI is InChI=1S/C8H11N3O4/c1-14-5-10-4-7(11(12)13)8(9-10)15-6-2-3-6/h4,6H,2-3,5H2,1H3. The number of methoxy groups -OCH3 is 1. The lowest BCUT2D eigenvalue weighted by Crippen LogP contribution is -2.02. The van der Waals surface area contributed by atoms with Gasteiger partial charge >= 0.3 is 11.6 Å². The topological polar surface area (TPSA) is 79.4 Å². The van der Waals surface area contributed by atoms with Gasteiger partial charge in [-0.3, -0.25) is 10.1 Å². The van der Waals surface area contributed by atoms with Crippen LogP contribution in [0, 0.1) is 10.1 Å². The number of rotatable bonds is 5. The smallest absolute Gasteiger partial charge is 0.350 e. The molecule has 7 heteroatoms. The van der Waals surface area contributed by atoms with Gasteiger partial charge in [0.1, 0.15) is 19.0 Å². The SMILES string of the molecule is COCn1cc([N+](=O)[O-])c(OC2CC2)n1. The molecule has 1 aliphatic carbocycles. The van der Waals surface area contributed by atoms with Crippen LogP contribution in [0.4, 0.5) is 5.69 Å². The summed E-state index contributed by atoms with van der Waals surface area (Å²) in [5.74, 6) is 0.0829. The van der Waals surface area contributed by atoms with Gasteiger partial charge in [0.2, 0.25) is 0 Å². The van der Waals surface area contributed by atoms with Gasteiger partial charge in [-0.1, -0.05) is 0 Å². The van der Waals surface area contributed by atoms with E-state index in [1.807, 2.05) is 0 Å². The van der Waals surface area contributed by atoms with Gasteiger partial charge in [0, 0.05) is 7.11 Å². The van der Waals surface area contributed by atoms with Crippen LogP contribution in [0.15, 0.2) is 6.20 Å². The fourth-order valence-corrected chi connectivity index (χ4v) is 1.14. The summed E-state index contributed by atoms with van der Waals surface area (Å²) in [4.78, 5) is 10.2. The average molecular weight is 213 g/mol. The molecule has 1 aromatic rings. The number of hydrogen-bond acceptors (Lipinski definition) is 5. The van der Waals surface area contributed by atoms with Gasteiger partial charge in [-0.05, 0) is 12.8 Å². The summed E-state index contributed by atoms with van der Waals surface area (Å²) in [6.07, 6.45) is 3.28. The first-order valence-corrected chi connectivity index (χ1v) is 4.58. The summed E-state index contributed by atoms with van der Waals surface area (Å²) >= 11 is 0. The van der Waals surface area contributed by atoms with Gasteiger partial charge in [0.05, 0.1) is 4.92 Å². The average Bonchev–Trinajstić information content (AvgIpc) is 2.88. The highest BCUT2D eigenvalue weighted by Gasteiger charge is 2.29. The first kappa shape index (κ1) is 9.91. The molecule has 0 aliphatic heterocycles. The van der Waals surface area contributed by atoms with Crippen LogP contribution in [0.1, 0.15) is 12.8 Å². The number of nitrogens with zero attached hydrogens (tertiary/aromatic N) is 3. The lowest BCUT2D eigenvalue weighted by Gasteiger charge is -1.98. The fraction of sp³-hybridized carbons (Fsp3) is 0.625. The molecule has 1 fully saturated rings. The molecule has 1 heterocycles. The maximum absolute atomic E-state index is 10.7. The second-order valence-corrected chi connectivity index (χ2v) is 3.35. The van der Waals surface area contributed by atoms with Crippen molar-refractivity contribution in [2.24, 2.45) is 0 Å². The molecule has 1 saturated carbocycles. The Morgan fingerprint density at radius 1 is 1.73 bits per heavy atom. The summed E-state index contributed by atoms with van der Waals surface area (Å²) in [5, 5.41) is 14.6. The second kappa shape index (κ2) is 3.85. The van der Waals surface area contributed by atoms with E-state index in [4.69, 9.17) is 9.47 Å².